The zero-order valence-corrected chi connectivity index (χ0v) is 11.9. The van der Waals surface area contributed by atoms with Gasteiger partial charge in [-0.25, -0.2) is 0 Å². The molecule has 1 unspecified atom stereocenters. The molecular formula is C16H21NO2. The highest BCUT2D eigenvalue weighted by Crippen LogP contribution is 2.25. The van der Waals surface area contributed by atoms with Crippen LogP contribution in [-0.2, 0) is 0 Å². The summed E-state index contributed by atoms with van der Waals surface area (Å²) in [6.07, 6.45) is 2.00. The molecule has 0 bridgehead atoms. The van der Waals surface area contributed by atoms with Gasteiger partial charge in [0, 0.05) is 5.56 Å². The molecule has 1 heterocycles. The van der Waals surface area contributed by atoms with Crippen LogP contribution in [0.2, 0.25) is 0 Å². The highest BCUT2D eigenvalue weighted by molar-refractivity contribution is 5.35. The fourth-order valence-electron chi connectivity index (χ4n) is 2.15. The number of hydrogen-bond acceptors (Lipinski definition) is 3. The quantitative estimate of drug-likeness (QED) is 0.889. The Bertz CT molecular complexity index is 514. The fraction of sp³-hybridized carbons (Fsp3) is 0.375. The minimum Gasteiger partial charge on any atom is -0.491 e. The summed E-state index contributed by atoms with van der Waals surface area (Å²) in [5.74, 6) is 1.83. The number of aryl methyl sites for hydroxylation is 1. The third-order valence-corrected chi connectivity index (χ3v) is 2.96. The first-order chi connectivity index (χ1) is 9.10. The van der Waals surface area contributed by atoms with Crippen molar-refractivity contribution in [2.45, 2.75) is 32.9 Å². The fourth-order valence-corrected chi connectivity index (χ4v) is 2.15. The summed E-state index contributed by atoms with van der Waals surface area (Å²) >= 11 is 0. The number of benzene rings is 1. The average molecular weight is 259 g/mol. The Kier molecular flexibility index (Phi) is 4.27. The van der Waals surface area contributed by atoms with E-state index in [1.165, 1.54) is 5.56 Å². The van der Waals surface area contributed by atoms with Crippen molar-refractivity contribution in [3.05, 3.63) is 53.5 Å². The number of rotatable bonds is 5. The average Bonchev–Trinajstić information content (AvgIpc) is 2.78. The molecule has 2 rings (SSSR count). The molecule has 0 aliphatic heterocycles. The second kappa shape index (κ2) is 5.93. The van der Waals surface area contributed by atoms with Crippen LogP contribution in [0.5, 0.6) is 5.75 Å². The van der Waals surface area contributed by atoms with E-state index in [-0.39, 0.29) is 12.1 Å². The van der Waals surface area contributed by atoms with Crippen molar-refractivity contribution in [3.8, 4) is 5.75 Å². The maximum absolute atomic E-state index is 5.65. The second-order valence-electron chi connectivity index (χ2n) is 4.95. The Morgan fingerprint density at radius 3 is 2.26 bits per heavy atom. The summed E-state index contributed by atoms with van der Waals surface area (Å²) in [4.78, 5) is 0. The van der Waals surface area contributed by atoms with E-state index in [1.54, 1.807) is 6.26 Å². The predicted octanol–water partition coefficient (Wildman–Crippen LogP) is 3.68. The summed E-state index contributed by atoms with van der Waals surface area (Å²) in [6.45, 7) is 6.01. The first-order valence-electron chi connectivity index (χ1n) is 6.59. The van der Waals surface area contributed by atoms with Crippen LogP contribution in [-0.4, -0.2) is 13.2 Å². The summed E-state index contributed by atoms with van der Waals surface area (Å²) in [6, 6.07) is 10.4. The van der Waals surface area contributed by atoms with Crippen molar-refractivity contribution in [3.63, 3.8) is 0 Å². The Balaban J connectivity index is 2.19. The first kappa shape index (κ1) is 13.7. The topological polar surface area (TPSA) is 34.4 Å². The molecule has 3 nitrogen and oxygen atoms in total. The van der Waals surface area contributed by atoms with Gasteiger partial charge >= 0.3 is 0 Å². The normalized spacial score (nSPS) is 12.7. The number of nitrogens with one attached hydrogen (secondary N) is 1. The minimum atomic E-state index is 0.144. The third-order valence-electron chi connectivity index (χ3n) is 2.96. The molecule has 0 saturated carbocycles. The molecule has 0 aliphatic carbocycles. The van der Waals surface area contributed by atoms with Gasteiger partial charge in [0.1, 0.15) is 11.5 Å². The monoisotopic (exact) mass is 259 g/mol. The lowest BCUT2D eigenvalue weighted by molar-refractivity contribution is 0.242. The van der Waals surface area contributed by atoms with Crippen LogP contribution < -0.4 is 10.1 Å². The molecule has 3 heteroatoms. The minimum absolute atomic E-state index is 0.144. The highest BCUT2D eigenvalue weighted by atomic mass is 16.5. The molecule has 1 aromatic carbocycles. The van der Waals surface area contributed by atoms with Crippen molar-refractivity contribution >= 4 is 0 Å². The van der Waals surface area contributed by atoms with Crippen LogP contribution in [0.15, 0.2) is 41.0 Å². The molecule has 0 spiro atoms. The second-order valence-corrected chi connectivity index (χ2v) is 4.95. The van der Waals surface area contributed by atoms with E-state index in [1.807, 2.05) is 40.0 Å². The summed E-state index contributed by atoms with van der Waals surface area (Å²) < 4.78 is 11.0. The SMILES string of the molecule is CNC(c1ccc(OC(C)C)cc1)c1coc(C)c1. The Morgan fingerprint density at radius 2 is 1.79 bits per heavy atom. The lowest BCUT2D eigenvalue weighted by Crippen LogP contribution is -2.17. The van der Waals surface area contributed by atoms with Gasteiger partial charge in [-0.3, -0.25) is 0 Å². The summed E-state index contributed by atoms with van der Waals surface area (Å²) in [5, 5.41) is 3.31. The van der Waals surface area contributed by atoms with E-state index < -0.39 is 0 Å². The molecule has 0 amide bonds. The first-order valence-corrected chi connectivity index (χ1v) is 6.59. The highest BCUT2D eigenvalue weighted by Gasteiger charge is 2.14. The Labute approximate surface area is 114 Å². The molecule has 102 valence electrons. The van der Waals surface area contributed by atoms with Gasteiger partial charge in [0.25, 0.3) is 0 Å². The molecule has 0 fully saturated rings. The molecule has 1 atom stereocenters. The van der Waals surface area contributed by atoms with E-state index in [0.717, 1.165) is 17.1 Å². The number of ether oxygens (including phenoxy) is 1. The standard InChI is InChI=1S/C16H21NO2/c1-11(2)19-15-7-5-13(6-8-15)16(17-4)14-9-12(3)18-10-14/h5-11,16-17H,1-4H3. The van der Waals surface area contributed by atoms with E-state index in [0.29, 0.717) is 0 Å². The van der Waals surface area contributed by atoms with Gasteiger partial charge in [-0.15, -0.1) is 0 Å². The summed E-state index contributed by atoms with van der Waals surface area (Å²) in [7, 11) is 1.95. The van der Waals surface area contributed by atoms with Gasteiger partial charge in [0.15, 0.2) is 0 Å². The Hall–Kier alpha value is -1.74. The van der Waals surface area contributed by atoms with Crippen LogP contribution in [0.3, 0.4) is 0 Å². The zero-order chi connectivity index (χ0) is 13.8. The van der Waals surface area contributed by atoms with E-state index >= 15 is 0 Å². The molecule has 19 heavy (non-hydrogen) atoms. The van der Waals surface area contributed by atoms with Gasteiger partial charge in [0.05, 0.1) is 18.4 Å². The largest absolute Gasteiger partial charge is 0.491 e. The van der Waals surface area contributed by atoms with Gasteiger partial charge in [-0.05, 0) is 51.6 Å². The van der Waals surface area contributed by atoms with Crippen LogP contribution in [0, 0.1) is 6.92 Å². The number of hydrogen-bond donors (Lipinski definition) is 1. The van der Waals surface area contributed by atoms with E-state index in [4.69, 9.17) is 9.15 Å². The van der Waals surface area contributed by atoms with E-state index in [2.05, 4.69) is 23.5 Å². The maximum Gasteiger partial charge on any atom is 0.119 e. The van der Waals surface area contributed by atoms with Crippen molar-refractivity contribution in [2.24, 2.45) is 0 Å². The van der Waals surface area contributed by atoms with Gasteiger partial charge < -0.3 is 14.5 Å². The molecule has 2 aromatic rings. The van der Waals surface area contributed by atoms with Gasteiger partial charge in [-0.1, -0.05) is 12.1 Å². The molecule has 0 radical (unpaired) electrons. The van der Waals surface area contributed by atoms with Crippen LogP contribution in [0.1, 0.15) is 36.8 Å². The smallest absolute Gasteiger partial charge is 0.119 e. The van der Waals surface area contributed by atoms with Crippen LogP contribution >= 0.6 is 0 Å². The van der Waals surface area contributed by atoms with Crippen molar-refractivity contribution in [2.75, 3.05) is 7.05 Å². The lowest BCUT2D eigenvalue weighted by atomic mass is 10.0. The molecule has 0 saturated heterocycles. The van der Waals surface area contributed by atoms with Gasteiger partial charge in [-0.2, -0.15) is 0 Å². The zero-order valence-electron chi connectivity index (χ0n) is 11.9. The number of furan rings is 1. The lowest BCUT2D eigenvalue weighted by Gasteiger charge is -2.16. The third kappa shape index (κ3) is 3.38. The van der Waals surface area contributed by atoms with Gasteiger partial charge in [0.2, 0.25) is 0 Å². The van der Waals surface area contributed by atoms with E-state index in [9.17, 15) is 0 Å². The molecule has 0 aliphatic rings. The van der Waals surface area contributed by atoms with Crippen LogP contribution in [0.4, 0.5) is 0 Å². The Morgan fingerprint density at radius 1 is 1.11 bits per heavy atom. The molecule has 1 N–H and O–H groups in total. The van der Waals surface area contributed by atoms with Crippen molar-refractivity contribution < 1.29 is 9.15 Å². The molecular weight excluding hydrogens is 238 g/mol. The predicted molar refractivity (Wildman–Crippen MR) is 76.6 cm³/mol. The van der Waals surface area contributed by atoms with Crippen LogP contribution in [0.25, 0.3) is 0 Å². The summed E-state index contributed by atoms with van der Waals surface area (Å²) in [5.41, 5.74) is 2.33. The maximum atomic E-state index is 5.65. The molecule has 1 aromatic heterocycles. The van der Waals surface area contributed by atoms with Crippen molar-refractivity contribution in [1.82, 2.24) is 5.32 Å². The van der Waals surface area contributed by atoms with Crippen molar-refractivity contribution in [1.29, 1.82) is 0 Å².